The molecule has 0 aliphatic rings. The van der Waals surface area contributed by atoms with E-state index in [0.717, 1.165) is 0 Å². The van der Waals surface area contributed by atoms with E-state index >= 15 is 0 Å². The van der Waals surface area contributed by atoms with E-state index in [1.54, 1.807) is 6.92 Å². The summed E-state index contributed by atoms with van der Waals surface area (Å²) in [5.74, 6) is -0.547. The number of thioether (sulfide) groups is 1. The summed E-state index contributed by atoms with van der Waals surface area (Å²) >= 11 is 1.40. The first kappa shape index (κ1) is 17.7. The molecule has 0 heterocycles. The lowest BCUT2D eigenvalue weighted by atomic mass is 10.3. The molecular formula is C10H21NO5S2. The van der Waals surface area contributed by atoms with Crippen LogP contribution in [0.3, 0.4) is 0 Å². The highest BCUT2D eigenvalue weighted by Crippen LogP contribution is 2.11. The van der Waals surface area contributed by atoms with E-state index in [1.807, 2.05) is 6.26 Å². The number of aliphatic hydroxyl groups excluding tert-OH is 1. The van der Waals surface area contributed by atoms with Crippen molar-refractivity contribution in [3.05, 3.63) is 0 Å². The van der Waals surface area contributed by atoms with Gasteiger partial charge in [-0.2, -0.15) is 11.8 Å². The number of rotatable bonds is 9. The van der Waals surface area contributed by atoms with Crippen molar-refractivity contribution >= 4 is 27.8 Å². The van der Waals surface area contributed by atoms with E-state index in [-0.39, 0.29) is 36.5 Å². The van der Waals surface area contributed by atoms with Gasteiger partial charge in [-0.25, -0.2) is 13.1 Å². The van der Waals surface area contributed by atoms with Crippen molar-refractivity contribution in [2.75, 3.05) is 25.7 Å². The van der Waals surface area contributed by atoms with E-state index in [1.165, 1.54) is 18.9 Å². The molecule has 0 aliphatic heterocycles. The zero-order valence-corrected chi connectivity index (χ0v) is 12.5. The molecule has 2 unspecified atom stereocenters. The topological polar surface area (TPSA) is 92.7 Å². The average Bonchev–Trinajstić information content (AvgIpc) is 2.29. The number of aliphatic hydroxyl groups is 1. The van der Waals surface area contributed by atoms with Crippen LogP contribution in [-0.2, 0) is 19.6 Å². The van der Waals surface area contributed by atoms with Gasteiger partial charge in [0.25, 0.3) is 0 Å². The van der Waals surface area contributed by atoms with Crippen molar-refractivity contribution in [3.63, 3.8) is 0 Å². The Kier molecular flexibility index (Phi) is 8.58. The Morgan fingerprint density at radius 1 is 1.50 bits per heavy atom. The lowest BCUT2D eigenvalue weighted by Crippen LogP contribution is -2.42. The molecule has 0 aliphatic carbocycles. The van der Waals surface area contributed by atoms with Gasteiger partial charge in [-0.05, 0) is 19.6 Å². The molecule has 0 aromatic carbocycles. The number of carbonyl (C=O) groups is 1. The molecule has 6 nitrogen and oxygen atoms in total. The number of ether oxygens (including phenoxy) is 1. The van der Waals surface area contributed by atoms with Gasteiger partial charge in [0.1, 0.15) is 0 Å². The van der Waals surface area contributed by atoms with Gasteiger partial charge in [-0.15, -0.1) is 0 Å². The summed E-state index contributed by atoms with van der Waals surface area (Å²) in [6, 6.07) is -0.354. The number of carbonyl (C=O) groups excluding carboxylic acids is 1. The van der Waals surface area contributed by atoms with Crippen LogP contribution in [0.5, 0.6) is 0 Å². The average molecular weight is 299 g/mol. The van der Waals surface area contributed by atoms with Crippen LogP contribution in [0.4, 0.5) is 0 Å². The minimum atomic E-state index is -3.43. The number of hydrogen-bond donors (Lipinski definition) is 2. The fourth-order valence-corrected chi connectivity index (χ4v) is 3.45. The summed E-state index contributed by atoms with van der Waals surface area (Å²) in [5, 5.41) is 8.88. The van der Waals surface area contributed by atoms with E-state index in [4.69, 9.17) is 5.11 Å². The summed E-state index contributed by atoms with van der Waals surface area (Å²) < 4.78 is 30.3. The predicted molar refractivity (Wildman–Crippen MR) is 72.0 cm³/mol. The zero-order chi connectivity index (χ0) is 14.2. The summed E-state index contributed by atoms with van der Waals surface area (Å²) in [6.07, 6.45) is 2.11. The Labute approximate surface area is 113 Å². The van der Waals surface area contributed by atoms with Gasteiger partial charge in [-0.1, -0.05) is 0 Å². The third-order valence-electron chi connectivity index (χ3n) is 2.43. The minimum absolute atomic E-state index is 0.0811. The van der Waals surface area contributed by atoms with Crippen LogP contribution >= 0.6 is 11.8 Å². The zero-order valence-electron chi connectivity index (χ0n) is 10.9. The highest BCUT2D eigenvalue weighted by molar-refractivity contribution is 7.99. The Balaban J connectivity index is 4.18. The van der Waals surface area contributed by atoms with Crippen molar-refractivity contribution < 1.29 is 23.1 Å². The highest BCUT2D eigenvalue weighted by Gasteiger charge is 2.21. The number of nitrogens with one attached hydrogen (secondary N) is 1. The molecule has 0 saturated heterocycles. The smallest absolute Gasteiger partial charge is 0.305 e. The van der Waals surface area contributed by atoms with Crippen LogP contribution in [0.2, 0.25) is 0 Å². The molecule has 0 rings (SSSR count). The van der Waals surface area contributed by atoms with Crippen molar-refractivity contribution in [2.45, 2.75) is 31.1 Å². The molecule has 0 bridgehead atoms. The molecule has 2 N–H and O–H groups in total. The fraction of sp³-hybridized carbons (Fsp3) is 0.900. The van der Waals surface area contributed by atoms with Crippen LogP contribution < -0.4 is 4.72 Å². The van der Waals surface area contributed by atoms with Gasteiger partial charge < -0.3 is 9.84 Å². The van der Waals surface area contributed by atoms with Gasteiger partial charge in [0.2, 0.25) is 10.0 Å². The first-order chi connectivity index (χ1) is 8.36. The molecule has 0 saturated carbocycles. The van der Waals surface area contributed by atoms with E-state index in [2.05, 4.69) is 9.46 Å². The standard InChI is InChI=1S/C10H21NO5S2/c1-8(9(7-12)17-3)11-18(14,15)6-4-5-10(13)16-2/h8-9,11-12H,4-7H2,1-3H3. The van der Waals surface area contributed by atoms with Crippen LogP contribution in [0.1, 0.15) is 19.8 Å². The molecule has 0 aromatic heterocycles. The second-order valence-electron chi connectivity index (χ2n) is 3.86. The first-order valence-corrected chi connectivity index (χ1v) is 8.50. The van der Waals surface area contributed by atoms with Crippen molar-refractivity contribution in [2.24, 2.45) is 0 Å². The quantitative estimate of drug-likeness (QED) is 0.581. The molecule has 0 spiro atoms. The lowest BCUT2D eigenvalue weighted by Gasteiger charge is -2.21. The van der Waals surface area contributed by atoms with Gasteiger partial charge in [0.15, 0.2) is 0 Å². The number of methoxy groups -OCH3 is 1. The Hall–Kier alpha value is -0.310. The summed E-state index contributed by atoms with van der Waals surface area (Å²) in [7, 11) is -2.17. The number of sulfonamides is 1. The SMILES string of the molecule is COC(=O)CCCS(=O)(=O)NC(C)C(CO)SC. The lowest BCUT2D eigenvalue weighted by molar-refractivity contribution is -0.140. The van der Waals surface area contributed by atoms with Crippen LogP contribution in [-0.4, -0.2) is 56.5 Å². The Morgan fingerprint density at radius 3 is 2.56 bits per heavy atom. The monoisotopic (exact) mass is 299 g/mol. The van der Waals surface area contributed by atoms with Gasteiger partial charge in [0, 0.05) is 17.7 Å². The molecule has 0 radical (unpaired) electrons. The fourth-order valence-electron chi connectivity index (χ4n) is 1.36. The largest absolute Gasteiger partial charge is 0.469 e. The normalized spacial score (nSPS) is 15.1. The molecule has 0 amide bonds. The maximum Gasteiger partial charge on any atom is 0.305 e. The molecular weight excluding hydrogens is 278 g/mol. The van der Waals surface area contributed by atoms with Crippen molar-refractivity contribution in [1.29, 1.82) is 0 Å². The Morgan fingerprint density at radius 2 is 2.11 bits per heavy atom. The minimum Gasteiger partial charge on any atom is -0.469 e. The molecule has 18 heavy (non-hydrogen) atoms. The molecule has 108 valence electrons. The first-order valence-electron chi connectivity index (χ1n) is 5.56. The maximum atomic E-state index is 11.7. The maximum absolute atomic E-state index is 11.7. The second-order valence-corrected chi connectivity index (χ2v) is 6.81. The summed E-state index contributed by atoms with van der Waals surface area (Å²) in [6.45, 7) is 1.61. The Bertz CT molecular complexity index is 340. The number of hydrogen-bond acceptors (Lipinski definition) is 6. The third kappa shape index (κ3) is 7.20. The third-order valence-corrected chi connectivity index (χ3v) is 5.15. The summed E-state index contributed by atoms with van der Waals surface area (Å²) in [4.78, 5) is 10.8. The van der Waals surface area contributed by atoms with Crippen LogP contribution in [0.15, 0.2) is 0 Å². The van der Waals surface area contributed by atoms with Gasteiger partial charge in [-0.3, -0.25) is 4.79 Å². The number of esters is 1. The van der Waals surface area contributed by atoms with Crippen LogP contribution in [0, 0.1) is 0 Å². The van der Waals surface area contributed by atoms with Crippen molar-refractivity contribution in [3.8, 4) is 0 Å². The highest BCUT2D eigenvalue weighted by atomic mass is 32.2. The van der Waals surface area contributed by atoms with Crippen molar-refractivity contribution in [1.82, 2.24) is 4.72 Å². The van der Waals surface area contributed by atoms with Crippen LogP contribution in [0.25, 0.3) is 0 Å². The molecule has 2 atom stereocenters. The summed E-state index contributed by atoms with van der Waals surface area (Å²) in [5.41, 5.74) is 0. The molecule has 8 heteroatoms. The van der Waals surface area contributed by atoms with E-state index < -0.39 is 16.0 Å². The predicted octanol–water partition coefficient (Wildman–Crippen LogP) is -0.0286. The molecule has 0 aromatic rings. The van der Waals surface area contributed by atoms with E-state index in [0.29, 0.717) is 0 Å². The van der Waals surface area contributed by atoms with E-state index in [9.17, 15) is 13.2 Å². The second kappa shape index (κ2) is 8.73. The van der Waals surface area contributed by atoms with Gasteiger partial charge >= 0.3 is 5.97 Å². The molecule has 0 fully saturated rings. The van der Waals surface area contributed by atoms with Gasteiger partial charge in [0.05, 0.1) is 19.5 Å².